The van der Waals surface area contributed by atoms with Crippen LogP contribution in [0, 0.1) is 0 Å². The van der Waals surface area contributed by atoms with Gasteiger partial charge in [0.15, 0.2) is 0 Å². The van der Waals surface area contributed by atoms with Gasteiger partial charge in [-0.1, -0.05) is 15.9 Å². The number of ether oxygens (including phenoxy) is 2. The van der Waals surface area contributed by atoms with E-state index >= 15 is 0 Å². The molecule has 0 aliphatic carbocycles. The number of hydrogen-bond acceptors (Lipinski definition) is 6. The lowest BCUT2D eigenvalue weighted by Crippen LogP contribution is -2.66. The molecule has 2 atom stereocenters. The van der Waals surface area contributed by atoms with Crippen molar-refractivity contribution in [1.29, 1.82) is 0 Å². The van der Waals surface area contributed by atoms with Gasteiger partial charge in [0.05, 0.1) is 5.45 Å². The number of likely N-dealkylation sites (N-methyl/N-ethyl adjacent to an activating group) is 1. The van der Waals surface area contributed by atoms with Crippen LogP contribution in [0.2, 0.25) is 0 Å². The van der Waals surface area contributed by atoms with Crippen molar-refractivity contribution in [2.24, 2.45) is 0 Å². The average molecular weight is 581 g/mol. The SMILES string of the molecule is CC1C(=O)OC(C(F)(F)F)(C(F)(F)F)N1C.CC1C(=O)OC(C(F)(F)F)(C(F)(F)F)N1CBr. The van der Waals surface area contributed by atoms with Crippen molar-refractivity contribution in [3.63, 3.8) is 0 Å². The molecule has 6 nitrogen and oxygen atoms in total. The van der Waals surface area contributed by atoms with Crippen LogP contribution in [-0.4, -0.2) is 82.5 Å². The van der Waals surface area contributed by atoms with E-state index in [4.69, 9.17) is 0 Å². The topological polar surface area (TPSA) is 59.1 Å². The highest BCUT2D eigenvalue weighted by molar-refractivity contribution is 9.09. The number of nitrogens with zero attached hydrogens (tertiary/aromatic N) is 2. The molecular weight excluding hydrogens is 568 g/mol. The molecule has 2 fully saturated rings. The minimum Gasteiger partial charge on any atom is -0.423 e. The Labute approximate surface area is 184 Å². The second-order valence-electron chi connectivity index (χ2n) is 6.67. The Morgan fingerprint density at radius 1 is 0.727 bits per heavy atom. The molecule has 0 saturated carbocycles. The minimum atomic E-state index is -5.78. The van der Waals surface area contributed by atoms with E-state index in [1.165, 1.54) is 0 Å². The van der Waals surface area contributed by atoms with E-state index in [9.17, 15) is 62.3 Å². The highest BCUT2D eigenvalue weighted by Gasteiger charge is 2.82. The van der Waals surface area contributed by atoms with Crippen molar-refractivity contribution in [2.75, 3.05) is 12.5 Å². The van der Waals surface area contributed by atoms with Crippen LogP contribution in [0.3, 0.4) is 0 Å². The molecule has 194 valence electrons. The van der Waals surface area contributed by atoms with Gasteiger partial charge in [0, 0.05) is 0 Å². The maximum atomic E-state index is 12.6. The Hall–Kier alpha value is -1.50. The summed E-state index contributed by atoms with van der Waals surface area (Å²) in [7, 11) is 0.538. The van der Waals surface area contributed by atoms with Gasteiger partial charge in [-0.2, -0.15) is 52.7 Å². The van der Waals surface area contributed by atoms with Gasteiger partial charge >= 0.3 is 48.1 Å². The summed E-state index contributed by atoms with van der Waals surface area (Å²) in [5.41, 5.74) is -9.94. The van der Waals surface area contributed by atoms with Crippen molar-refractivity contribution >= 4 is 27.9 Å². The van der Waals surface area contributed by atoms with E-state index in [2.05, 4.69) is 25.4 Å². The number of rotatable bonds is 1. The molecule has 0 bridgehead atoms. The third-order valence-electron chi connectivity index (χ3n) is 4.79. The molecule has 0 aromatic heterocycles. The minimum absolute atomic E-state index is 0.130. The van der Waals surface area contributed by atoms with Crippen molar-refractivity contribution < 1.29 is 71.7 Å². The maximum absolute atomic E-state index is 12.6. The summed E-state index contributed by atoms with van der Waals surface area (Å²) in [6, 6.07) is -3.25. The Balaban J connectivity index is 0.000000331. The second kappa shape index (κ2) is 8.62. The van der Waals surface area contributed by atoms with Gasteiger partial charge in [-0.15, -0.1) is 0 Å². The molecule has 2 saturated heterocycles. The zero-order valence-corrected chi connectivity index (χ0v) is 17.9. The quantitative estimate of drug-likeness (QED) is 0.202. The maximum Gasteiger partial charge on any atom is 0.453 e. The molecule has 2 rings (SSSR count). The van der Waals surface area contributed by atoms with Gasteiger partial charge in [0.1, 0.15) is 12.1 Å². The molecule has 0 N–H and O–H groups in total. The standard InChI is InChI=1S/C7H6BrF6NO2.C7H7F6NO2/c1-3-4(16)17-5(6(9,10)11,7(12,13)14)15(3)2-8;1-3-4(15)16-5(14(3)2,6(8,9)10)7(11,12)13/h3H,2H2,1H3;3H,1-2H3. The van der Waals surface area contributed by atoms with Crippen molar-refractivity contribution in [3.8, 4) is 0 Å². The molecule has 0 spiro atoms. The Bertz CT molecular complexity index is 735. The van der Waals surface area contributed by atoms with Crippen LogP contribution in [0.4, 0.5) is 52.7 Å². The zero-order valence-electron chi connectivity index (χ0n) is 16.3. The fourth-order valence-corrected chi connectivity index (χ4v) is 3.68. The van der Waals surface area contributed by atoms with Crippen LogP contribution < -0.4 is 0 Å². The molecule has 0 amide bonds. The monoisotopic (exact) mass is 580 g/mol. The molecule has 0 radical (unpaired) electrons. The zero-order chi connectivity index (χ0) is 26.6. The van der Waals surface area contributed by atoms with Crippen LogP contribution in [0.25, 0.3) is 0 Å². The third-order valence-corrected chi connectivity index (χ3v) is 5.33. The second-order valence-corrected chi connectivity index (χ2v) is 7.17. The molecule has 2 aliphatic heterocycles. The first kappa shape index (κ1) is 29.5. The van der Waals surface area contributed by atoms with Crippen molar-refractivity contribution in [2.45, 2.75) is 62.1 Å². The predicted molar refractivity (Wildman–Crippen MR) is 84.2 cm³/mol. The van der Waals surface area contributed by atoms with E-state index in [0.717, 1.165) is 13.8 Å². The number of hydrogen-bond donors (Lipinski definition) is 0. The number of cyclic esters (lactones) is 2. The largest absolute Gasteiger partial charge is 0.453 e. The molecule has 2 unspecified atom stereocenters. The van der Waals surface area contributed by atoms with Crippen LogP contribution in [-0.2, 0) is 19.1 Å². The summed E-state index contributed by atoms with van der Waals surface area (Å²) < 4.78 is 158. The lowest BCUT2D eigenvalue weighted by molar-refractivity contribution is -0.399. The number of halogens is 13. The number of carbonyl (C=O) groups is 2. The summed E-state index contributed by atoms with van der Waals surface area (Å²) in [6.07, 6.45) is -23.1. The Kier molecular flexibility index (Phi) is 7.71. The Morgan fingerprint density at radius 2 is 1.03 bits per heavy atom. The Morgan fingerprint density at radius 3 is 1.21 bits per heavy atom. The summed E-state index contributed by atoms with van der Waals surface area (Å²) in [5.74, 6) is -3.13. The lowest BCUT2D eigenvalue weighted by Gasteiger charge is -2.37. The molecule has 0 aromatic carbocycles. The van der Waals surface area contributed by atoms with Crippen molar-refractivity contribution in [3.05, 3.63) is 0 Å². The van der Waals surface area contributed by atoms with Gasteiger partial charge in [0.2, 0.25) is 0 Å². The molecule has 19 heteroatoms. The van der Waals surface area contributed by atoms with Crippen molar-refractivity contribution in [1.82, 2.24) is 9.80 Å². The molecule has 33 heavy (non-hydrogen) atoms. The van der Waals surface area contributed by atoms with Crippen LogP contribution in [0.1, 0.15) is 13.8 Å². The highest BCUT2D eigenvalue weighted by Crippen LogP contribution is 2.52. The lowest BCUT2D eigenvalue weighted by atomic mass is 10.1. The van der Waals surface area contributed by atoms with Crippen LogP contribution >= 0.6 is 15.9 Å². The van der Waals surface area contributed by atoms with Crippen LogP contribution in [0.15, 0.2) is 0 Å². The average Bonchev–Trinajstić information content (AvgIpc) is 3.00. The van der Waals surface area contributed by atoms with Gasteiger partial charge in [0.25, 0.3) is 0 Å². The summed E-state index contributed by atoms with van der Waals surface area (Å²) in [4.78, 5) is 21.5. The van der Waals surface area contributed by atoms with Crippen LogP contribution in [0.5, 0.6) is 0 Å². The molecule has 0 aromatic rings. The van der Waals surface area contributed by atoms with Gasteiger partial charge in [-0.05, 0) is 20.9 Å². The number of esters is 2. The smallest absolute Gasteiger partial charge is 0.423 e. The molecule has 2 aliphatic rings. The number of alkyl halides is 13. The highest BCUT2D eigenvalue weighted by atomic mass is 79.9. The molecular formula is C14H13BrF12N2O4. The van der Waals surface area contributed by atoms with Gasteiger partial charge in [-0.25, -0.2) is 9.80 Å². The van der Waals surface area contributed by atoms with E-state index in [1.54, 1.807) is 0 Å². The van der Waals surface area contributed by atoms with Gasteiger partial charge < -0.3 is 9.47 Å². The summed E-state index contributed by atoms with van der Waals surface area (Å²) in [5, 5.41) is 0. The first-order chi connectivity index (χ1) is 14.4. The first-order valence-corrected chi connectivity index (χ1v) is 9.34. The normalized spacial score (nSPS) is 26.5. The fraction of sp³-hybridized carbons (Fsp3) is 0.857. The number of carbonyl (C=O) groups excluding carboxylic acids is 2. The predicted octanol–water partition coefficient (Wildman–Crippen LogP) is 4.09. The van der Waals surface area contributed by atoms with E-state index in [0.29, 0.717) is 7.05 Å². The third kappa shape index (κ3) is 4.46. The summed E-state index contributed by atoms with van der Waals surface area (Å²) >= 11 is 2.50. The van der Waals surface area contributed by atoms with Gasteiger partial charge in [-0.3, -0.25) is 9.59 Å². The van der Waals surface area contributed by atoms with E-state index in [-0.39, 0.29) is 9.80 Å². The van der Waals surface area contributed by atoms with E-state index in [1.807, 2.05) is 0 Å². The summed E-state index contributed by atoms with van der Waals surface area (Å²) in [6.45, 7) is 1.81. The molecule has 2 heterocycles. The van der Waals surface area contributed by atoms with E-state index < -0.39 is 65.6 Å². The fourth-order valence-electron chi connectivity index (χ4n) is 2.89. The first-order valence-electron chi connectivity index (χ1n) is 8.22.